The van der Waals surface area contributed by atoms with E-state index in [1.54, 1.807) is 37.4 Å². The van der Waals surface area contributed by atoms with Crippen molar-refractivity contribution in [3.8, 4) is 11.5 Å². The normalized spacial score (nSPS) is 14.8. The molecule has 3 aromatic carbocycles. The molecule has 4 amide bonds. The van der Waals surface area contributed by atoms with Gasteiger partial charge in [-0.15, -0.1) is 0 Å². The summed E-state index contributed by atoms with van der Waals surface area (Å²) >= 11 is 3.41. The van der Waals surface area contributed by atoms with Crippen LogP contribution in [0.15, 0.2) is 76.8 Å². The van der Waals surface area contributed by atoms with Crippen LogP contribution < -0.4 is 19.7 Å². The summed E-state index contributed by atoms with van der Waals surface area (Å²) in [7, 11) is 1.54. The van der Waals surface area contributed by atoms with Crippen LogP contribution in [0.25, 0.3) is 6.08 Å². The number of barbiturate groups is 1. The number of ether oxygens (including phenoxy) is 2. The van der Waals surface area contributed by atoms with Gasteiger partial charge in [-0.3, -0.25) is 14.9 Å². The van der Waals surface area contributed by atoms with E-state index in [0.717, 1.165) is 20.5 Å². The second-order valence-corrected chi connectivity index (χ2v) is 8.67. The molecular weight excluding hydrogens is 512 g/mol. The summed E-state index contributed by atoms with van der Waals surface area (Å²) in [5.74, 6) is -0.474. The van der Waals surface area contributed by atoms with Crippen LogP contribution in [-0.2, 0) is 22.6 Å². The molecule has 0 bridgehead atoms. The molecule has 0 radical (unpaired) electrons. The van der Waals surface area contributed by atoms with Crippen LogP contribution in [-0.4, -0.2) is 25.0 Å². The van der Waals surface area contributed by atoms with Crippen molar-refractivity contribution < 1.29 is 23.9 Å². The Balaban J connectivity index is 1.70. The first-order valence-electron chi connectivity index (χ1n) is 11.0. The van der Waals surface area contributed by atoms with E-state index in [4.69, 9.17) is 9.47 Å². The Kier molecular flexibility index (Phi) is 7.31. The van der Waals surface area contributed by atoms with Crippen molar-refractivity contribution in [2.24, 2.45) is 0 Å². The number of aryl methyl sites for hydroxylation is 1. The summed E-state index contributed by atoms with van der Waals surface area (Å²) < 4.78 is 12.3. The van der Waals surface area contributed by atoms with Crippen molar-refractivity contribution in [2.75, 3.05) is 12.0 Å². The van der Waals surface area contributed by atoms with Crippen LogP contribution in [0.1, 0.15) is 23.6 Å². The molecule has 0 saturated carbocycles. The average molecular weight is 535 g/mol. The van der Waals surface area contributed by atoms with E-state index in [0.29, 0.717) is 29.2 Å². The summed E-state index contributed by atoms with van der Waals surface area (Å²) in [4.78, 5) is 39.7. The van der Waals surface area contributed by atoms with E-state index in [2.05, 4.69) is 21.2 Å². The van der Waals surface area contributed by atoms with Gasteiger partial charge < -0.3 is 9.47 Å². The summed E-state index contributed by atoms with van der Waals surface area (Å²) in [6, 6.07) is 19.1. The fourth-order valence-corrected chi connectivity index (χ4v) is 3.95. The zero-order chi connectivity index (χ0) is 24.9. The third-order valence-corrected chi connectivity index (χ3v) is 6.07. The Labute approximate surface area is 211 Å². The lowest BCUT2D eigenvalue weighted by atomic mass is 10.0. The number of carbonyl (C=O) groups excluding carboxylic acids is 3. The Bertz CT molecular complexity index is 1320. The number of anilines is 1. The Morgan fingerprint density at radius 3 is 2.46 bits per heavy atom. The Morgan fingerprint density at radius 1 is 1.00 bits per heavy atom. The molecule has 3 aromatic rings. The zero-order valence-electron chi connectivity index (χ0n) is 19.2. The maximum atomic E-state index is 13.4. The number of para-hydroxylation sites is 1. The van der Waals surface area contributed by atoms with Crippen LogP contribution >= 0.6 is 15.9 Å². The highest BCUT2D eigenvalue weighted by molar-refractivity contribution is 9.10. The molecule has 7 nitrogen and oxygen atoms in total. The van der Waals surface area contributed by atoms with Gasteiger partial charge in [0.1, 0.15) is 23.7 Å². The molecule has 1 N–H and O–H groups in total. The van der Waals surface area contributed by atoms with Crippen LogP contribution in [0.5, 0.6) is 11.5 Å². The number of nitrogens with one attached hydrogen (secondary N) is 1. The summed E-state index contributed by atoms with van der Waals surface area (Å²) in [6.07, 6.45) is 2.05. The number of hydrogen-bond acceptors (Lipinski definition) is 5. The third kappa shape index (κ3) is 5.27. The number of rotatable bonds is 7. The van der Waals surface area contributed by atoms with E-state index in [1.807, 2.05) is 43.3 Å². The van der Waals surface area contributed by atoms with Gasteiger partial charge in [-0.05, 0) is 54.0 Å². The van der Waals surface area contributed by atoms with E-state index >= 15 is 0 Å². The van der Waals surface area contributed by atoms with Gasteiger partial charge in [0.15, 0.2) is 0 Å². The van der Waals surface area contributed by atoms with Crippen molar-refractivity contribution >= 4 is 45.5 Å². The SMILES string of the molecule is CCc1ccccc1N1C(=O)NC(=O)/C(=C/c2ccc(OC)cc2OCc2ccc(Br)cc2)C1=O. The van der Waals surface area contributed by atoms with E-state index in [1.165, 1.54) is 6.08 Å². The van der Waals surface area contributed by atoms with Crippen LogP contribution in [0.2, 0.25) is 0 Å². The van der Waals surface area contributed by atoms with Crippen molar-refractivity contribution in [1.82, 2.24) is 5.32 Å². The fourth-order valence-electron chi connectivity index (χ4n) is 3.69. The first kappa shape index (κ1) is 24.2. The number of urea groups is 1. The van der Waals surface area contributed by atoms with E-state index < -0.39 is 17.8 Å². The monoisotopic (exact) mass is 534 g/mol. The van der Waals surface area contributed by atoms with Gasteiger partial charge in [0, 0.05) is 16.1 Å². The molecule has 4 rings (SSSR count). The fraction of sp³-hybridized carbons (Fsp3) is 0.148. The molecule has 8 heteroatoms. The van der Waals surface area contributed by atoms with Gasteiger partial charge in [-0.2, -0.15) is 0 Å². The number of benzene rings is 3. The number of halogens is 1. The van der Waals surface area contributed by atoms with Crippen LogP contribution in [0.3, 0.4) is 0 Å². The molecule has 1 aliphatic heterocycles. The minimum atomic E-state index is -0.778. The molecule has 1 aliphatic rings. The quantitative estimate of drug-likeness (QED) is 0.330. The number of methoxy groups -OCH3 is 1. The summed E-state index contributed by atoms with van der Waals surface area (Å²) in [6.45, 7) is 2.20. The molecule has 1 saturated heterocycles. The maximum absolute atomic E-state index is 13.4. The smallest absolute Gasteiger partial charge is 0.335 e. The van der Waals surface area contributed by atoms with Crippen molar-refractivity contribution in [3.05, 3.63) is 93.5 Å². The maximum Gasteiger partial charge on any atom is 0.335 e. The van der Waals surface area contributed by atoms with E-state index in [9.17, 15) is 14.4 Å². The molecule has 0 spiro atoms. The second-order valence-electron chi connectivity index (χ2n) is 7.76. The van der Waals surface area contributed by atoms with Gasteiger partial charge in [0.25, 0.3) is 11.8 Å². The van der Waals surface area contributed by atoms with Crippen LogP contribution in [0, 0.1) is 0 Å². The lowest BCUT2D eigenvalue weighted by Gasteiger charge is -2.28. The number of amides is 4. The molecule has 0 aliphatic carbocycles. The lowest BCUT2D eigenvalue weighted by Crippen LogP contribution is -2.54. The largest absolute Gasteiger partial charge is 0.497 e. The van der Waals surface area contributed by atoms with Crippen LogP contribution in [0.4, 0.5) is 10.5 Å². The average Bonchev–Trinajstić information content (AvgIpc) is 2.86. The van der Waals surface area contributed by atoms with Gasteiger partial charge in [0.2, 0.25) is 0 Å². The molecule has 1 fully saturated rings. The minimum absolute atomic E-state index is 0.172. The molecule has 178 valence electrons. The van der Waals surface area contributed by atoms with Gasteiger partial charge >= 0.3 is 6.03 Å². The summed E-state index contributed by atoms with van der Waals surface area (Å²) in [5.41, 5.74) is 2.52. The molecule has 35 heavy (non-hydrogen) atoms. The summed E-state index contributed by atoms with van der Waals surface area (Å²) in [5, 5.41) is 2.27. The number of nitrogens with zero attached hydrogens (tertiary/aromatic N) is 1. The number of carbonyl (C=O) groups is 3. The van der Waals surface area contributed by atoms with Gasteiger partial charge in [0.05, 0.1) is 12.8 Å². The molecule has 0 aromatic heterocycles. The first-order chi connectivity index (χ1) is 16.9. The molecule has 0 atom stereocenters. The molecule has 1 heterocycles. The third-order valence-electron chi connectivity index (χ3n) is 5.54. The van der Waals surface area contributed by atoms with Crippen molar-refractivity contribution in [2.45, 2.75) is 20.0 Å². The lowest BCUT2D eigenvalue weighted by molar-refractivity contribution is -0.122. The molecule has 0 unspecified atom stereocenters. The highest BCUT2D eigenvalue weighted by Gasteiger charge is 2.37. The standard InChI is InChI=1S/C27H23BrN2O5/c1-3-18-6-4-5-7-23(18)30-26(32)22(25(31)29-27(30)33)14-19-10-13-21(34-2)15-24(19)35-16-17-8-11-20(28)12-9-17/h4-15H,3,16H2,1-2H3,(H,29,31,33)/b22-14-. The Morgan fingerprint density at radius 2 is 1.74 bits per heavy atom. The molecular formula is C27H23BrN2O5. The predicted octanol–water partition coefficient (Wildman–Crippen LogP) is 5.27. The minimum Gasteiger partial charge on any atom is -0.497 e. The highest BCUT2D eigenvalue weighted by atomic mass is 79.9. The van der Waals surface area contributed by atoms with Crippen molar-refractivity contribution in [1.29, 1.82) is 0 Å². The van der Waals surface area contributed by atoms with Gasteiger partial charge in [-0.25, -0.2) is 9.69 Å². The topological polar surface area (TPSA) is 84.9 Å². The first-order valence-corrected chi connectivity index (χ1v) is 11.7. The number of hydrogen-bond donors (Lipinski definition) is 1. The highest BCUT2D eigenvalue weighted by Crippen LogP contribution is 2.30. The van der Waals surface area contributed by atoms with Crippen molar-refractivity contribution in [3.63, 3.8) is 0 Å². The van der Waals surface area contributed by atoms with Gasteiger partial charge in [-0.1, -0.05) is 53.2 Å². The Hall–Kier alpha value is -3.91. The number of imide groups is 2. The second kappa shape index (κ2) is 10.6. The zero-order valence-corrected chi connectivity index (χ0v) is 20.8. The van der Waals surface area contributed by atoms with E-state index in [-0.39, 0.29) is 12.2 Å². The predicted molar refractivity (Wildman–Crippen MR) is 136 cm³/mol.